The maximum atomic E-state index is 9.88. The lowest BCUT2D eigenvalue weighted by atomic mass is 9.76. The zero-order valence-corrected chi connectivity index (χ0v) is 8.71. The van der Waals surface area contributed by atoms with Crippen LogP contribution in [0.15, 0.2) is 11.6 Å². The minimum absolute atomic E-state index is 0.0238. The number of rotatable bonds is 0. The second-order valence-electron chi connectivity index (χ2n) is 5.16. The fourth-order valence-corrected chi connectivity index (χ4v) is 3.02. The van der Waals surface area contributed by atoms with Gasteiger partial charge >= 0.3 is 0 Å². The first-order valence-corrected chi connectivity index (χ1v) is 5.45. The molecule has 3 unspecified atom stereocenters. The highest BCUT2D eigenvalue weighted by Gasteiger charge is 2.43. The van der Waals surface area contributed by atoms with Crippen molar-refractivity contribution in [3.05, 3.63) is 11.6 Å². The predicted octanol–water partition coefficient (Wildman–Crippen LogP) is 2.89. The van der Waals surface area contributed by atoms with Crippen LogP contribution in [0.2, 0.25) is 0 Å². The lowest BCUT2D eigenvalue weighted by molar-refractivity contribution is 0.0828. The molecule has 0 radical (unpaired) electrons. The zero-order valence-electron chi connectivity index (χ0n) is 8.71. The summed E-state index contributed by atoms with van der Waals surface area (Å²) >= 11 is 0. The molecule has 1 N–H and O–H groups in total. The van der Waals surface area contributed by atoms with Gasteiger partial charge in [0.25, 0.3) is 0 Å². The van der Waals surface area contributed by atoms with Crippen molar-refractivity contribution in [3.63, 3.8) is 0 Å². The molecule has 1 nitrogen and oxygen atoms in total. The number of fused-ring (bicyclic) bond motifs is 1. The summed E-state index contributed by atoms with van der Waals surface area (Å²) < 4.78 is 0. The molecule has 0 bridgehead atoms. The van der Waals surface area contributed by atoms with Gasteiger partial charge in [0.15, 0.2) is 0 Å². The third kappa shape index (κ3) is 1.54. The smallest absolute Gasteiger partial charge is 0.0574 e. The summed E-state index contributed by atoms with van der Waals surface area (Å²) in [5.41, 5.74) is 1.92. The van der Waals surface area contributed by atoms with Crippen molar-refractivity contribution in [2.24, 2.45) is 11.3 Å². The van der Waals surface area contributed by atoms with E-state index in [1.165, 1.54) is 31.3 Å². The Hall–Kier alpha value is -0.300. The Morgan fingerprint density at radius 1 is 1.46 bits per heavy atom. The number of hydrogen-bond donors (Lipinski definition) is 1. The average molecular weight is 180 g/mol. The topological polar surface area (TPSA) is 20.2 Å². The van der Waals surface area contributed by atoms with Crippen molar-refractivity contribution in [1.82, 2.24) is 0 Å². The van der Waals surface area contributed by atoms with E-state index in [0.717, 1.165) is 6.42 Å². The second kappa shape index (κ2) is 3.13. The summed E-state index contributed by atoms with van der Waals surface area (Å²) in [6.45, 7) is 4.57. The molecular weight excluding hydrogens is 160 g/mol. The van der Waals surface area contributed by atoms with Crippen LogP contribution in [0.4, 0.5) is 0 Å². The minimum Gasteiger partial charge on any atom is -0.393 e. The van der Waals surface area contributed by atoms with Gasteiger partial charge in [-0.1, -0.05) is 18.6 Å². The Morgan fingerprint density at radius 3 is 3.00 bits per heavy atom. The molecule has 0 aromatic heterocycles. The van der Waals surface area contributed by atoms with Gasteiger partial charge in [0.1, 0.15) is 0 Å². The van der Waals surface area contributed by atoms with E-state index in [1.54, 1.807) is 0 Å². The fraction of sp³-hybridized carbons (Fsp3) is 0.833. The standard InChI is InChI=1S/C12H20O/c1-9-3-4-10-11(13)6-8-12(10,2)7-5-9/h5,10-11,13H,3-4,6-8H2,1-2H3. The fourth-order valence-electron chi connectivity index (χ4n) is 3.02. The van der Waals surface area contributed by atoms with Gasteiger partial charge in [0.05, 0.1) is 6.10 Å². The Kier molecular flexibility index (Phi) is 2.23. The van der Waals surface area contributed by atoms with E-state index >= 15 is 0 Å². The van der Waals surface area contributed by atoms with Crippen LogP contribution in [0.5, 0.6) is 0 Å². The molecule has 0 aromatic rings. The quantitative estimate of drug-likeness (QED) is 0.568. The Balaban J connectivity index is 2.19. The van der Waals surface area contributed by atoms with Gasteiger partial charge in [-0.2, -0.15) is 0 Å². The van der Waals surface area contributed by atoms with Crippen molar-refractivity contribution in [2.75, 3.05) is 0 Å². The predicted molar refractivity (Wildman–Crippen MR) is 54.4 cm³/mol. The molecule has 1 fully saturated rings. The van der Waals surface area contributed by atoms with E-state index in [9.17, 15) is 5.11 Å². The number of allylic oxidation sites excluding steroid dienone is 2. The maximum Gasteiger partial charge on any atom is 0.0574 e. The van der Waals surface area contributed by atoms with Gasteiger partial charge in [0.2, 0.25) is 0 Å². The highest BCUT2D eigenvalue weighted by molar-refractivity contribution is 5.08. The molecule has 2 rings (SSSR count). The molecule has 0 amide bonds. The lowest BCUT2D eigenvalue weighted by Gasteiger charge is -2.30. The van der Waals surface area contributed by atoms with E-state index < -0.39 is 0 Å². The number of aliphatic hydroxyl groups excluding tert-OH is 1. The molecule has 13 heavy (non-hydrogen) atoms. The van der Waals surface area contributed by atoms with Crippen LogP contribution in [0.25, 0.3) is 0 Å². The summed E-state index contributed by atoms with van der Waals surface area (Å²) in [5.74, 6) is 0.557. The van der Waals surface area contributed by atoms with Gasteiger partial charge in [-0.3, -0.25) is 0 Å². The van der Waals surface area contributed by atoms with E-state index in [0.29, 0.717) is 11.3 Å². The summed E-state index contributed by atoms with van der Waals surface area (Å²) in [6.07, 6.45) is 8.16. The summed E-state index contributed by atoms with van der Waals surface area (Å²) in [4.78, 5) is 0. The molecule has 2 aliphatic carbocycles. The maximum absolute atomic E-state index is 9.88. The van der Waals surface area contributed by atoms with Crippen LogP contribution in [0.3, 0.4) is 0 Å². The van der Waals surface area contributed by atoms with Gasteiger partial charge < -0.3 is 5.11 Å². The molecule has 0 aliphatic heterocycles. The van der Waals surface area contributed by atoms with Gasteiger partial charge in [-0.05, 0) is 50.4 Å². The average Bonchev–Trinajstić information content (AvgIpc) is 2.27. The van der Waals surface area contributed by atoms with Crippen LogP contribution in [-0.4, -0.2) is 11.2 Å². The largest absolute Gasteiger partial charge is 0.393 e. The normalized spacial score (nSPS) is 45.3. The first-order chi connectivity index (χ1) is 6.12. The highest BCUT2D eigenvalue weighted by Crippen LogP contribution is 2.50. The van der Waals surface area contributed by atoms with Crippen molar-refractivity contribution in [3.8, 4) is 0 Å². The molecule has 74 valence electrons. The Bertz CT molecular complexity index is 231. The van der Waals surface area contributed by atoms with Crippen LogP contribution in [0.1, 0.15) is 46.0 Å². The first kappa shape index (κ1) is 9.26. The van der Waals surface area contributed by atoms with E-state index in [2.05, 4.69) is 19.9 Å². The van der Waals surface area contributed by atoms with Crippen LogP contribution >= 0.6 is 0 Å². The molecule has 3 atom stereocenters. The molecule has 0 saturated heterocycles. The number of aliphatic hydroxyl groups is 1. The Labute approximate surface area is 80.8 Å². The molecule has 0 aromatic carbocycles. The van der Waals surface area contributed by atoms with Crippen molar-refractivity contribution in [1.29, 1.82) is 0 Å². The minimum atomic E-state index is -0.0238. The summed E-state index contributed by atoms with van der Waals surface area (Å²) in [6, 6.07) is 0. The first-order valence-electron chi connectivity index (χ1n) is 5.45. The van der Waals surface area contributed by atoms with Gasteiger partial charge in [0, 0.05) is 0 Å². The molecule has 2 aliphatic rings. The molecule has 1 heteroatoms. The van der Waals surface area contributed by atoms with E-state index in [4.69, 9.17) is 0 Å². The highest BCUT2D eigenvalue weighted by atomic mass is 16.3. The van der Waals surface area contributed by atoms with Crippen molar-refractivity contribution < 1.29 is 5.11 Å². The third-order valence-electron chi connectivity index (χ3n) is 4.14. The summed E-state index contributed by atoms with van der Waals surface area (Å²) in [5, 5.41) is 9.88. The van der Waals surface area contributed by atoms with Crippen LogP contribution in [0, 0.1) is 11.3 Å². The second-order valence-corrected chi connectivity index (χ2v) is 5.16. The van der Waals surface area contributed by atoms with E-state index in [1.807, 2.05) is 0 Å². The van der Waals surface area contributed by atoms with Crippen LogP contribution in [-0.2, 0) is 0 Å². The monoisotopic (exact) mass is 180 g/mol. The lowest BCUT2D eigenvalue weighted by Crippen LogP contribution is -2.26. The molecular formula is C12H20O. The molecule has 0 spiro atoms. The molecule has 1 saturated carbocycles. The van der Waals surface area contributed by atoms with Crippen LogP contribution < -0.4 is 0 Å². The van der Waals surface area contributed by atoms with Crippen molar-refractivity contribution in [2.45, 2.75) is 52.1 Å². The molecule has 0 heterocycles. The summed E-state index contributed by atoms with van der Waals surface area (Å²) in [7, 11) is 0. The number of hydrogen-bond acceptors (Lipinski definition) is 1. The Morgan fingerprint density at radius 2 is 2.23 bits per heavy atom. The van der Waals surface area contributed by atoms with E-state index in [-0.39, 0.29) is 6.10 Å². The van der Waals surface area contributed by atoms with Crippen molar-refractivity contribution >= 4 is 0 Å². The SMILES string of the molecule is CC1=CCC2(C)CCC(O)C2CC1. The third-order valence-corrected chi connectivity index (χ3v) is 4.14. The van der Waals surface area contributed by atoms with Gasteiger partial charge in [-0.15, -0.1) is 0 Å². The van der Waals surface area contributed by atoms with Gasteiger partial charge in [-0.25, -0.2) is 0 Å². The zero-order chi connectivity index (χ0) is 9.47.